The van der Waals surface area contributed by atoms with Gasteiger partial charge in [0, 0.05) is 26.3 Å². The first-order chi connectivity index (χ1) is 10.1. The van der Waals surface area contributed by atoms with Gasteiger partial charge >= 0.3 is 0 Å². The molecule has 3 rings (SSSR count). The molecule has 2 heterocycles. The van der Waals surface area contributed by atoms with Crippen LogP contribution in [0.25, 0.3) is 0 Å². The van der Waals surface area contributed by atoms with Crippen LogP contribution in [0.4, 0.5) is 5.82 Å². The predicted octanol–water partition coefficient (Wildman–Crippen LogP) is 1.87. The molecule has 0 radical (unpaired) electrons. The fourth-order valence-corrected chi connectivity index (χ4v) is 4.17. The van der Waals surface area contributed by atoms with Gasteiger partial charge < -0.3 is 5.32 Å². The first-order valence-electron chi connectivity index (χ1n) is 6.82. The molecular weight excluding hydrogens is 286 g/mol. The standard InChI is InChI=1S/C15H17N3O2S/c1-16-15-14(7-4-9-17-15)21(19,20)18-10-8-12-5-2-3-6-13(12)11-18/h2-7,9H,8,10-11H2,1H3,(H,16,17). The van der Waals surface area contributed by atoms with Crippen molar-refractivity contribution in [3.8, 4) is 0 Å². The Balaban J connectivity index is 1.97. The maximum absolute atomic E-state index is 12.8. The second-order valence-corrected chi connectivity index (χ2v) is 6.86. The van der Waals surface area contributed by atoms with Gasteiger partial charge in [0.2, 0.25) is 10.0 Å². The Morgan fingerprint density at radius 2 is 1.90 bits per heavy atom. The van der Waals surface area contributed by atoms with Gasteiger partial charge in [0.25, 0.3) is 0 Å². The lowest BCUT2D eigenvalue weighted by Crippen LogP contribution is -2.36. The van der Waals surface area contributed by atoms with E-state index in [4.69, 9.17) is 0 Å². The Morgan fingerprint density at radius 3 is 2.67 bits per heavy atom. The zero-order valence-corrected chi connectivity index (χ0v) is 12.6. The molecule has 0 spiro atoms. The molecule has 0 saturated carbocycles. The zero-order valence-electron chi connectivity index (χ0n) is 11.8. The molecule has 0 aliphatic carbocycles. The SMILES string of the molecule is CNc1ncccc1S(=O)(=O)N1CCc2ccccc2C1. The van der Waals surface area contributed by atoms with Crippen molar-refractivity contribution in [3.05, 3.63) is 53.7 Å². The third-order valence-corrected chi connectivity index (χ3v) is 5.60. The number of hydrogen-bond acceptors (Lipinski definition) is 4. The number of nitrogens with zero attached hydrogens (tertiary/aromatic N) is 2. The minimum Gasteiger partial charge on any atom is -0.372 e. The van der Waals surface area contributed by atoms with Gasteiger partial charge in [0.1, 0.15) is 10.7 Å². The van der Waals surface area contributed by atoms with Crippen molar-refractivity contribution in [2.75, 3.05) is 18.9 Å². The number of fused-ring (bicyclic) bond motifs is 1. The number of sulfonamides is 1. The normalized spacial score (nSPS) is 15.5. The van der Waals surface area contributed by atoms with Crippen molar-refractivity contribution in [3.63, 3.8) is 0 Å². The molecule has 1 N–H and O–H groups in total. The minimum atomic E-state index is -3.54. The summed E-state index contributed by atoms with van der Waals surface area (Å²) in [6, 6.07) is 11.2. The van der Waals surface area contributed by atoms with Gasteiger partial charge in [-0.25, -0.2) is 13.4 Å². The van der Waals surface area contributed by atoms with E-state index in [1.165, 1.54) is 9.87 Å². The molecule has 0 unspecified atom stereocenters. The fourth-order valence-electron chi connectivity index (χ4n) is 2.60. The molecule has 21 heavy (non-hydrogen) atoms. The van der Waals surface area contributed by atoms with Gasteiger partial charge in [0.15, 0.2) is 0 Å². The molecular formula is C15H17N3O2S. The molecule has 2 aromatic rings. The summed E-state index contributed by atoms with van der Waals surface area (Å²) in [4.78, 5) is 4.31. The highest BCUT2D eigenvalue weighted by molar-refractivity contribution is 7.89. The second kappa shape index (κ2) is 5.46. The largest absolute Gasteiger partial charge is 0.372 e. The van der Waals surface area contributed by atoms with E-state index < -0.39 is 10.0 Å². The number of aromatic nitrogens is 1. The topological polar surface area (TPSA) is 62.3 Å². The molecule has 0 fully saturated rings. The minimum absolute atomic E-state index is 0.229. The number of rotatable bonds is 3. The van der Waals surface area contributed by atoms with Crippen LogP contribution in [0.3, 0.4) is 0 Å². The second-order valence-electron chi connectivity index (χ2n) is 4.96. The number of hydrogen-bond donors (Lipinski definition) is 1. The molecule has 110 valence electrons. The summed E-state index contributed by atoms with van der Waals surface area (Å²) in [6.45, 7) is 0.911. The summed E-state index contributed by atoms with van der Waals surface area (Å²) in [7, 11) is -1.87. The van der Waals surface area contributed by atoms with E-state index >= 15 is 0 Å². The third-order valence-electron chi connectivity index (χ3n) is 3.72. The van der Waals surface area contributed by atoms with Gasteiger partial charge in [0.05, 0.1) is 0 Å². The third kappa shape index (κ3) is 2.52. The van der Waals surface area contributed by atoms with Crippen molar-refractivity contribution in [2.45, 2.75) is 17.9 Å². The molecule has 1 aliphatic heterocycles. The van der Waals surface area contributed by atoms with Crippen molar-refractivity contribution in [2.24, 2.45) is 0 Å². The maximum atomic E-state index is 12.8. The molecule has 0 amide bonds. The Labute approximate surface area is 124 Å². The zero-order chi connectivity index (χ0) is 14.9. The molecule has 1 aliphatic rings. The van der Waals surface area contributed by atoms with Crippen molar-refractivity contribution >= 4 is 15.8 Å². The van der Waals surface area contributed by atoms with E-state index in [0.29, 0.717) is 18.9 Å². The average molecular weight is 303 g/mol. The fraction of sp³-hybridized carbons (Fsp3) is 0.267. The Bertz CT molecular complexity index is 759. The van der Waals surface area contributed by atoms with Gasteiger partial charge in [-0.15, -0.1) is 0 Å². The lowest BCUT2D eigenvalue weighted by molar-refractivity contribution is 0.391. The first kappa shape index (κ1) is 14.0. The van der Waals surface area contributed by atoms with Crippen molar-refractivity contribution < 1.29 is 8.42 Å². The summed E-state index contributed by atoms with van der Waals surface area (Å²) in [5.74, 6) is 0.386. The smallest absolute Gasteiger partial charge is 0.247 e. The van der Waals surface area contributed by atoms with Crippen LogP contribution in [0.15, 0.2) is 47.5 Å². The van der Waals surface area contributed by atoms with Crippen LogP contribution in [0.2, 0.25) is 0 Å². The van der Waals surface area contributed by atoms with Crippen LogP contribution in [0.5, 0.6) is 0 Å². The Morgan fingerprint density at radius 1 is 1.14 bits per heavy atom. The summed E-state index contributed by atoms with van der Waals surface area (Å²) >= 11 is 0. The van der Waals surface area contributed by atoms with Gasteiger partial charge in [-0.2, -0.15) is 4.31 Å². The summed E-state index contributed by atoms with van der Waals surface area (Å²) in [6.07, 6.45) is 2.32. The van der Waals surface area contributed by atoms with Crippen LogP contribution in [-0.2, 0) is 23.0 Å². The summed E-state index contributed by atoms with van der Waals surface area (Å²) < 4.78 is 27.2. The van der Waals surface area contributed by atoms with E-state index in [9.17, 15) is 8.42 Å². The van der Waals surface area contributed by atoms with E-state index in [0.717, 1.165) is 12.0 Å². The molecule has 1 aromatic heterocycles. The number of pyridine rings is 1. The maximum Gasteiger partial charge on any atom is 0.247 e. The number of benzene rings is 1. The number of nitrogens with one attached hydrogen (secondary N) is 1. The van der Waals surface area contributed by atoms with Crippen LogP contribution < -0.4 is 5.32 Å². The van der Waals surface area contributed by atoms with Gasteiger partial charge in [-0.1, -0.05) is 24.3 Å². The summed E-state index contributed by atoms with van der Waals surface area (Å²) in [5.41, 5.74) is 2.30. The highest BCUT2D eigenvalue weighted by atomic mass is 32.2. The van der Waals surface area contributed by atoms with Crippen molar-refractivity contribution in [1.29, 1.82) is 0 Å². The van der Waals surface area contributed by atoms with Crippen LogP contribution in [-0.4, -0.2) is 31.3 Å². The van der Waals surface area contributed by atoms with Crippen LogP contribution in [0, 0.1) is 0 Å². The lowest BCUT2D eigenvalue weighted by atomic mass is 10.0. The highest BCUT2D eigenvalue weighted by Crippen LogP contribution is 2.27. The lowest BCUT2D eigenvalue weighted by Gasteiger charge is -2.28. The van der Waals surface area contributed by atoms with Crippen LogP contribution in [0.1, 0.15) is 11.1 Å². The molecule has 0 atom stereocenters. The monoisotopic (exact) mass is 303 g/mol. The average Bonchev–Trinajstić information content (AvgIpc) is 2.54. The molecule has 0 bridgehead atoms. The van der Waals surface area contributed by atoms with E-state index in [1.807, 2.05) is 18.2 Å². The Kier molecular flexibility index (Phi) is 3.65. The van der Waals surface area contributed by atoms with E-state index in [2.05, 4.69) is 16.4 Å². The quantitative estimate of drug-likeness (QED) is 0.940. The molecule has 5 nitrogen and oxygen atoms in total. The summed E-state index contributed by atoms with van der Waals surface area (Å²) in [5, 5.41) is 2.84. The van der Waals surface area contributed by atoms with Crippen molar-refractivity contribution in [1.82, 2.24) is 9.29 Å². The first-order valence-corrected chi connectivity index (χ1v) is 8.26. The van der Waals surface area contributed by atoms with Gasteiger partial charge in [-0.3, -0.25) is 0 Å². The van der Waals surface area contributed by atoms with Crippen LogP contribution >= 0.6 is 0 Å². The van der Waals surface area contributed by atoms with E-state index in [1.54, 1.807) is 25.4 Å². The van der Waals surface area contributed by atoms with E-state index in [-0.39, 0.29) is 4.90 Å². The Hall–Kier alpha value is -1.92. The molecule has 1 aromatic carbocycles. The molecule has 0 saturated heterocycles. The van der Waals surface area contributed by atoms with Gasteiger partial charge in [-0.05, 0) is 29.7 Å². The number of anilines is 1. The predicted molar refractivity (Wildman–Crippen MR) is 81.5 cm³/mol. The highest BCUT2D eigenvalue weighted by Gasteiger charge is 2.30. The molecule has 6 heteroatoms.